The van der Waals surface area contributed by atoms with Crippen LogP contribution in [0.4, 0.5) is 0 Å². The summed E-state index contributed by atoms with van der Waals surface area (Å²) in [7, 11) is 0. The molecule has 0 unspecified atom stereocenters. The summed E-state index contributed by atoms with van der Waals surface area (Å²) in [6.07, 6.45) is 3.04. The van der Waals surface area contributed by atoms with E-state index >= 15 is 0 Å². The maximum Gasteiger partial charge on any atom is 0.307 e. The number of hydrazone groups is 1. The highest BCUT2D eigenvalue weighted by atomic mass is 16.3. The van der Waals surface area contributed by atoms with E-state index < -0.39 is 5.91 Å². The van der Waals surface area contributed by atoms with E-state index in [1.165, 1.54) is 6.26 Å². The molecule has 1 amide bonds. The van der Waals surface area contributed by atoms with Crippen molar-refractivity contribution in [1.29, 1.82) is 0 Å². The summed E-state index contributed by atoms with van der Waals surface area (Å²) in [6.45, 7) is 3.87. The first-order valence-corrected chi connectivity index (χ1v) is 7.15. The fraction of sp³-hybridized carbons (Fsp3) is 0.118. The number of hydrogen-bond acceptors (Lipinski definition) is 4. The van der Waals surface area contributed by atoms with Gasteiger partial charge in [-0.1, -0.05) is 18.2 Å². The standard InChI is InChI=1S/C17H16N4O2/c1-12-15(11-18-19-17(22)16-9-6-10-23-16)13(2)21(20-12)14-7-4-3-5-8-14/h3-11H,1-2H3,(H,19,22). The van der Waals surface area contributed by atoms with E-state index in [0.717, 1.165) is 22.6 Å². The van der Waals surface area contributed by atoms with Gasteiger partial charge in [0.2, 0.25) is 0 Å². The number of aromatic nitrogens is 2. The van der Waals surface area contributed by atoms with Gasteiger partial charge in [-0.3, -0.25) is 4.79 Å². The second-order valence-corrected chi connectivity index (χ2v) is 5.01. The Morgan fingerprint density at radius 3 is 2.70 bits per heavy atom. The molecule has 2 heterocycles. The third-order valence-electron chi connectivity index (χ3n) is 3.45. The lowest BCUT2D eigenvalue weighted by molar-refractivity contribution is 0.0927. The zero-order valence-electron chi connectivity index (χ0n) is 12.9. The number of nitrogens with one attached hydrogen (secondary N) is 1. The number of benzene rings is 1. The lowest BCUT2D eigenvalue weighted by atomic mass is 10.2. The monoisotopic (exact) mass is 308 g/mol. The van der Waals surface area contributed by atoms with Crippen molar-refractivity contribution in [3.05, 3.63) is 71.4 Å². The van der Waals surface area contributed by atoms with Crippen LogP contribution >= 0.6 is 0 Å². The third kappa shape index (κ3) is 3.06. The summed E-state index contributed by atoms with van der Waals surface area (Å²) in [4.78, 5) is 11.8. The maximum absolute atomic E-state index is 11.8. The molecule has 0 aliphatic rings. The average molecular weight is 308 g/mol. The summed E-state index contributed by atoms with van der Waals surface area (Å²) in [5.74, 6) is -0.174. The lowest BCUT2D eigenvalue weighted by Gasteiger charge is -2.03. The number of carbonyl (C=O) groups is 1. The van der Waals surface area contributed by atoms with Gasteiger partial charge in [-0.05, 0) is 38.1 Å². The molecule has 0 bridgehead atoms. The Bertz CT molecular complexity index is 833. The number of para-hydroxylation sites is 1. The fourth-order valence-electron chi connectivity index (χ4n) is 2.28. The normalized spacial score (nSPS) is 11.0. The average Bonchev–Trinajstić information content (AvgIpc) is 3.19. The lowest BCUT2D eigenvalue weighted by Crippen LogP contribution is -2.16. The number of aryl methyl sites for hydroxylation is 1. The van der Waals surface area contributed by atoms with Crippen LogP contribution in [0, 0.1) is 13.8 Å². The van der Waals surface area contributed by atoms with E-state index in [1.54, 1.807) is 18.3 Å². The molecule has 0 atom stereocenters. The van der Waals surface area contributed by atoms with Crippen LogP contribution in [0.1, 0.15) is 27.5 Å². The van der Waals surface area contributed by atoms with Crippen molar-refractivity contribution in [2.24, 2.45) is 5.10 Å². The highest BCUT2D eigenvalue weighted by Crippen LogP contribution is 2.16. The Hall–Kier alpha value is -3.15. The number of carbonyl (C=O) groups excluding carboxylic acids is 1. The van der Waals surface area contributed by atoms with E-state index in [-0.39, 0.29) is 5.76 Å². The van der Waals surface area contributed by atoms with Gasteiger partial charge in [0.05, 0.1) is 29.6 Å². The van der Waals surface area contributed by atoms with Gasteiger partial charge in [0.25, 0.3) is 0 Å². The molecule has 0 spiro atoms. The first kappa shape index (κ1) is 14.8. The predicted octanol–water partition coefficient (Wildman–Crippen LogP) is 2.85. The molecule has 6 heteroatoms. The van der Waals surface area contributed by atoms with Crippen molar-refractivity contribution in [3.63, 3.8) is 0 Å². The van der Waals surface area contributed by atoms with E-state index in [2.05, 4.69) is 15.6 Å². The van der Waals surface area contributed by atoms with Crippen LogP contribution in [0.25, 0.3) is 5.69 Å². The van der Waals surface area contributed by atoms with Crippen LogP contribution in [0.5, 0.6) is 0 Å². The van der Waals surface area contributed by atoms with Crippen LogP contribution in [-0.2, 0) is 0 Å². The zero-order chi connectivity index (χ0) is 16.2. The number of amides is 1. The van der Waals surface area contributed by atoms with Crippen LogP contribution < -0.4 is 5.43 Å². The molecule has 1 N–H and O–H groups in total. The van der Waals surface area contributed by atoms with Crippen LogP contribution in [0.3, 0.4) is 0 Å². The molecule has 23 heavy (non-hydrogen) atoms. The Morgan fingerprint density at radius 1 is 1.22 bits per heavy atom. The summed E-state index contributed by atoms with van der Waals surface area (Å²) in [6, 6.07) is 13.1. The molecular weight excluding hydrogens is 292 g/mol. The Labute approximate surface area is 133 Å². The Morgan fingerprint density at radius 2 is 2.00 bits per heavy atom. The zero-order valence-corrected chi connectivity index (χ0v) is 12.9. The topological polar surface area (TPSA) is 72.4 Å². The molecular formula is C17H16N4O2. The first-order valence-electron chi connectivity index (χ1n) is 7.15. The molecule has 1 aromatic carbocycles. The molecule has 0 aliphatic heterocycles. The van der Waals surface area contributed by atoms with Gasteiger partial charge in [0.15, 0.2) is 5.76 Å². The highest BCUT2D eigenvalue weighted by Gasteiger charge is 2.11. The molecule has 0 radical (unpaired) electrons. The minimum absolute atomic E-state index is 0.218. The van der Waals surface area contributed by atoms with Crippen molar-refractivity contribution in [2.45, 2.75) is 13.8 Å². The van der Waals surface area contributed by atoms with Gasteiger partial charge >= 0.3 is 5.91 Å². The van der Waals surface area contributed by atoms with E-state index in [4.69, 9.17) is 4.42 Å². The fourth-order valence-corrected chi connectivity index (χ4v) is 2.28. The molecule has 0 aliphatic carbocycles. The van der Waals surface area contributed by atoms with Crippen molar-refractivity contribution in [3.8, 4) is 5.69 Å². The predicted molar refractivity (Wildman–Crippen MR) is 86.8 cm³/mol. The van der Waals surface area contributed by atoms with Crippen LogP contribution in [0.15, 0.2) is 58.2 Å². The summed E-state index contributed by atoms with van der Waals surface area (Å²) in [5, 5.41) is 8.51. The van der Waals surface area contributed by atoms with E-state index in [0.29, 0.717) is 0 Å². The second kappa shape index (κ2) is 6.31. The summed E-state index contributed by atoms with van der Waals surface area (Å²) < 4.78 is 6.86. The van der Waals surface area contributed by atoms with Gasteiger partial charge in [0, 0.05) is 5.56 Å². The molecule has 116 valence electrons. The van der Waals surface area contributed by atoms with Crippen molar-refractivity contribution >= 4 is 12.1 Å². The first-order chi connectivity index (χ1) is 11.2. The molecule has 6 nitrogen and oxygen atoms in total. The maximum atomic E-state index is 11.8. The summed E-state index contributed by atoms with van der Waals surface area (Å²) >= 11 is 0. The molecule has 3 aromatic rings. The second-order valence-electron chi connectivity index (χ2n) is 5.01. The van der Waals surface area contributed by atoms with Crippen molar-refractivity contribution in [1.82, 2.24) is 15.2 Å². The Kier molecular flexibility index (Phi) is 4.05. The number of hydrogen-bond donors (Lipinski definition) is 1. The molecule has 3 rings (SSSR count). The minimum Gasteiger partial charge on any atom is -0.459 e. The number of rotatable bonds is 4. The smallest absolute Gasteiger partial charge is 0.307 e. The highest BCUT2D eigenvalue weighted by molar-refractivity contribution is 5.92. The van der Waals surface area contributed by atoms with E-state index in [9.17, 15) is 4.79 Å². The number of furan rings is 1. The molecule has 0 fully saturated rings. The quantitative estimate of drug-likeness (QED) is 0.595. The molecule has 2 aromatic heterocycles. The van der Waals surface area contributed by atoms with Gasteiger partial charge in [-0.2, -0.15) is 10.2 Å². The van der Waals surface area contributed by atoms with E-state index in [1.807, 2.05) is 48.9 Å². The van der Waals surface area contributed by atoms with Crippen LogP contribution in [-0.4, -0.2) is 21.9 Å². The molecule has 0 saturated heterocycles. The SMILES string of the molecule is Cc1nn(-c2ccccc2)c(C)c1C=NNC(=O)c1ccco1. The third-order valence-corrected chi connectivity index (χ3v) is 3.45. The van der Waals surface area contributed by atoms with Gasteiger partial charge in [0.1, 0.15) is 0 Å². The van der Waals surface area contributed by atoms with Crippen molar-refractivity contribution in [2.75, 3.05) is 0 Å². The number of nitrogens with zero attached hydrogens (tertiary/aromatic N) is 3. The Balaban J connectivity index is 1.80. The largest absolute Gasteiger partial charge is 0.459 e. The molecule has 0 saturated carbocycles. The van der Waals surface area contributed by atoms with Crippen LogP contribution in [0.2, 0.25) is 0 Å². The minimum atomic E-state index is -0.392. The van der Waals surface area contributed by atoms with Gasteiger partial charge in [-0.15, -0.1) is 0 Å². The van der Waals surface area contributed by atoms with Gasteiger partial charge in [-0.25, -0.2) is 10.1 Å². The van der Waals surface area contributed by atoms with Crippen molar-refractivity contribution < 1.29 is 9.21 Å². The summed E-state index contributed by atoms with van der Waals surface area (Å²) in [5.41, 5.74) is 6.07. The van der Waals surface area contributed by atoms with Gasteiger partial charge < -0.3 is 4.42 Å².